The van der Waals surface area contributed by atoms with Crippen LogP contribution in [0.3, 0.4) is 0 Å². The zero-order valence-corrected chi connectivity index (χ0v) is 15.5. The Balaban J connectivity index is 1.42. The standard InChI is InChI=1S/C19H38N2O2/c1-18-4-10-21(11-5-18)14-17-23-16-8-19-6-12-20(13-7-19)9-3-15-22-2/h18-19H,3-17H2,1-2H3. The molecule has 0 radical (unpaired) electrons. The van der Waals surface area contributed by atoms with Crippen molar-refractivity contribution in [3.63, 3.8) is 0 Å². The van der Waals surface area contributed by atoms with Crippen molar-refractivity contribution in [3.05, 3.63) is 0 Å². The summed E-state index contributed by atoms with van der Waals surface area (Å²) in [7, 11) is 1.79. The second-order valence-electron chi connectivity index (χ2n) is 7.56. The maximum Gasteiger partial charge on any atom is 0.0593 e. The van der Waals surface area contributed by atoms with E-state index in [-0.39, 0.29) is 0 Å². The van der Waals surface area contributed by atoms with E-state index in [1.54, 1.807) is 7.11 Å². The molecule has 0 amide bonds. The van der Waals surface area contributed by atoms with E-state index in [1.165, 1.54) is 71.2 Å². The molecule has 4 heteroatoms. The third-order valence-electron chi connectivity index (χ3n) is 5.63. The molecule has 2 saturated heterocycles. The summed E-state index contributed by atoms with van der Waals surface area (Å²) in [5.41, 5.74) is 0. The van der Waals surface area contributed by atoms with Crippen LogP contribution in [-0.4, -0.2) is 76.0 Å². The lowest BCUT2D eigenvalue weighted by Crippen LogP contribution is -2.36. The second-order valence-corrected chi connectivity index (χ2v) is 7.56. The molecule has 136 valence electrons. The monoisotopic (exact) mass is 326 g/mol. The Morgan fingerprint density at radius 1 is 0.826 bits per heavy atom. The molecule has 0 aromatic carbocycles. The Hall–Kier alpha value is -0.160. The average Bonchev–Trinajstić information content (AvgIpc) is 2.58. The SMILES string of the molecule is COCCCN1CCC(CCOCCN2CCC(C)CC2)CC1. The van der Waals surface area contributed by atoms with Crippen molar-refractivity contribution >= 4 is 0 Å². The number of rotatable bonds is 10. The zero-order valence-electron chi connectivity index (χ0n) is 15.5. The molecule has 2 aliphatic rings. The Kier molecular flexibility index (Phi) is 9.50. The summed E-state index contributed by atoms with van der Waals surface area (Å²) < 4.78 is 11.0. The number of likely N-dealkylation sites (tertiary alicyclic amines) is 2. The van der Waals surface area contributed by atoms with Crippen molar-refractivity contribution < 1.29 is 9.47 Å². The summed E-state index contributed by atoms with van der Waals surface area (Å²) >= 11 is 0. The van der Waals surface area contributed by atoms with Gasteiger partial charge in [-0.1, -0.05) is 6.92 Å². The van der Waals surface area contributed by atoms with Gasteiger partial charge in [-0.15, -0.1) is 0 Å². The van der Waals surface area contributed by atoms with E-state index in [0.717, 1.165) is 38.2 Å². The topological polar surface area (TPSA) is 24.9 Å². The molecule has 0 bridgehead atoms. The summed E-state index contributed by atoms with van der Waals surface area (Å²) in [4.78, 5) is 5.16. The van der Waals surface area contributed by atoms with Gasteiger partial charge in [0.25, 0.3) is 0 Å². The lowest BCUT2D eigenvalue weighted by molar-refractivity contribution is 0.0727. The third kappa shape index (κ3) is 7.97. The Morgan fingerprint density at radius 2 is 1.48 bits per heavy atom. The molecule has 2 heterocycles. The molecule has 0 aromatic rings. The molecule has 0 N–H and O–H groups in total. The number of hydrogen-bond donors (Lipinski definition) is 0. The molecular formula is C19H38N2O2. The Labute approximate surface area is 143 Å². The van der Waals surface area contributed by atoms with Crippen LogP contribution in [0.5, 0.6) is 0 Å². The lowest BCUT2D eigenvalue weighted by atomic mass is 9.94. The van der Waals surface area contributed by atoms with Gasteiger partial charge in [0, 0.05) is 33.4 Å². The van der Waals surface area contributed by atoms with Crippen molar-refractivity contribution in [3.8, 4) is 0 Å². The quantitative estimate of drug-likeness (QED) is 0.576. The van der Waals surface area contributed by atoms with Gasteiger partial charge in [-0.3, -0.25) is 0 Å². The average molecular weight is 327 g/mol. The molecule has 2 fully saturated rings. The van der Waals surface area contributed by atoms with Crippen molar-refractivity contribution in [1.82, 2.24) is 9.80 Å². The molecule has 0 aliphatic carbocycles. The number of piperidine rings is 2. The fourth-order valence-corrected chi connectivity index (χ4v) is 3.76. The van der Waals surface area contributed by atoms with Gasteiger partial charge in [-0.05, 0) is 76.5 Å². The van der Waals surface area contributed by atoms with Crippen molar-refractivity contribution in [2.75, 3.05) is 66.2 Å². The van der Waals surface area contributed by atoms with Crippen LogP contribution in [0.2, 0.25) is 0 Å². The molecule has 0 saturated carbocycles. The third-order valence-corrected chi connectivity index (χ3v) is 5.63. The fraction of sp³-hybridized carbons (Fsp3) is 1.00. The van der Waals surface area contributed by atoms with Gasteiger partial charge in [0.15, 0.2) is 0 Å². The first kappa shape index (κ1) is 19.2. The fourth-order valence-electron chi connectivity index (χ4n) is 3.76. The molecule has 0 aromatic heterocycles. The first-order valence-electron chi connectivity index (χ1n) is 9.79. The highest BCUT2D eigenvalue weighted by molar-refractivity contribution is 4.72. The first-order valence-corrected chi connectivity index (χ1v) is 9.79. The summed E-state index contributed by atoms with van der Waals surface area (Å²) in [6.07, 6.45) is 7.84. The highest BCUT2D eigenvalue weighted by atomic mass is 16.5. The highest BCUT2D eigenvalue weighted by Crippen LogP contribution is 2.20. The van der Waals surface area contributed by atoms with Crippen molar-refractivity contribution in [2.45, 2.75) is 45.4 Å². The van der Waals surface area contributed by atoms with Gasteiger partial charge in [0.1, 0.15) is 0 Å². The summed E-state index contributed by atoms with van der Waals surface area (Å²) in [5, 5.41) is 0. The molecule has 0 spiro atoms. The predicted octanol–water partition coefficient (Wildman–Crippen LogP) is 2.87. The van der Waals surface area contributed by atoms with Crippen LogP contribution in [0, 0.1) is 11.8 Å². The molecule has 23 heavy (non-hydrogen) atoms. The predicted molar refractivity (Wildman–Crippen MR) is 95.9 cm³/mol. The van der Waals surface area contributed by atoms with E-state index in [2.05, 4.69) is 16.7 Å². The number of methoxy groups -OCH3 is 1. The van der Waals surface area contributed by atoms with Crippen LogP contribution in [0.15, 0.2) is 0 Å². The number of hydrogen-bond acceptors (Lipinski definition) is 4. The Morgan fingerprint density at radius 3 is 2.17 bits per heavy atom. The van der Waals surface area contributed by atoms with Gasteiger partial charge < -0.3 is 19.3 Å². The van der Waals surface area contributed by atoms with E-state index >= 15 is 0 Å². The summed E-state index contributed by atoms with van der Waals surface area (Å²) in [6, 6.07) is 0. The van der Waals surface area contributed by atoms with E-state index in [9.17, 15) is 0 Å². The van der Waals surface area contributed by atoms with Crippen LogP contribution >= 0.6 is 0 Å². The molecule has 4 nitrogen and oxygen atoms in total. The van der Waals surface area contributed by atoms with Gasteiger partial charge in [-0.25, -0.2) is 0 Å². The van der Waals surface area contributed by atoms with Crippen molar-refractivity contribution in [2.24, 2.45) is 11.8 Å². The zero-order chi connectivity index (χ0) is 16.3. The van der Waals surface area contributed by atoms with Gasteiger partial charge >= 0.3 is 0 Å². The minimum atomic E-state index is 0.879. The largest absolute Gasteiger partial charge is 0.385 e. The molecule has 0 atom stereocenters. The molecule has 0 unspecified atom stereocenters. The van der Waals surface area contributed by atoms with E-state index < -0.39 is 0 Å². The minimum absolute atomic E-state index is 0.879. The Bertz CT molecular complexity index is 285. The number of ether oxygens (including phenoxy) is 2. The maximum atomic E-state index is 5.90. The molecule has 2 rings (SSSR count). The molecule has 2 aliphatic heterocycles. The first-order chi connectivity index (χ1) is 11.3. The summed E-state index contributed by atoms with van der Waals surface area (Å²) in [6.45, 7) is 12.5. The van der Waals surface area contributed by atoms with Gasteiger partial charge in [-0.2, -0.15) is 0 Å². The van der Waals surface area contributed by atoms with Crippen LogP contribution < -0.4 is 0 Å². The van der Waals surface area contributed by atoms with Crippen LogP contribution in [0.1, 0.15) is 45.4 Å². The maximum absolute atomic E-state index is 5.90. The van der Waals surface area contributed by atoms with E-state index in [4.69, 9.17) is 9.47 Å². The minimum Gasteiger partial charge on any atom is -0.385 e. The highest BCUT2D eigenvalue weighted by Gasteiger charge is 2.19. The van der Waals surface area contributed by atoms with Crippen LogP contribution in [-0.2, 0) is 9.47 Å². The van der Waals surface area contributed by atoms with Gasteiger partial charge in [0.2, 0.25) is 0 Å². The second kappa shape index (κ2) is 11.4. The van der Waals surface area contributed by atoms with E-state index in [0.29, 0.717) is 0 Å². The van der Waals surface area contributed by atoms with Gasteiger partial charge in [0.05, 0.1) is 6.61 Å². The van der Waals surface area contributed by atoms with Crippen LogP contribution in [0.25, 0.3) is 0 Å². The van der Waals surface area contributed by atoms with Crippen LogP contribution in [0.4, 0.5) is 0 Å². The van der Waals surface area contributed by atoms with E-state index in [1.807, 2.05) is 0 Å². The lowest BCUT2D eigenvalue weighted by Gasteiger charge is -2.32. The normalized spacial score (nSPS) is 22.7. The smallest absolute Gasteiger partial charge is 0.0593 e. The van der Waals surface area contributed by atoms with Crippen molar-refractivity contribution in [1.29, 1.82) is 0 Å². The molecular weight excluding hydrogens is 288 g/mol. The number of nitrogens with zero attached hydrogens (tertiary/aromatic N) is 2. The summed E-state index contributed by atoms with van der Waals surface area (Å²) in [5.74, 6) is 1.80.